The van der Waals surface area contributed by atoms with Gasteiger partial charge in [0.25, 0.3) is 0 Å². The number of urea groups is 1. The largest absolute Gasteiger partial charge is 0.416 e. The summed E-state index contributed by atoms with van der Waals surface area (Å²) in [4.78, 5) is 14.7. The lowest BCUT2D eigenvalue weighted by Crippen LogP contribution is -2.49. The Bertz CT molecular complexity index is 1040. The third-order valence-corrected chi connectivity index (χ3v) is 7.69. The van der Waals surface area contributed by atoms with E-state index in [0.717, 1.165) is 17.7 Å². The first-order valence-corrected chi connectivity index (χ1v) is 12.5. The molecule has 6 nitrogen and oxygen atoms in total. The number of nitrogens with one attached hydrogen (secondary N) is 1. The molecule has 2 aromatic carbocycles. The minimum Gasteiger partial charge on any atom is -0.317 e. The van der Waals surface area contributed by atoms with Crippen LogP contribution in [0.1, 0.15) is 37.3 Å². The topological polar surface area (TPSA) is 69.7 Å². The van der Waals surface area contributed by atoms with Gasteiger partial charge in [0.2, 0.25) is 10.0 Å². The SMILES string of the molecule is CCCS(=O)(=O)N1CCC(N(Cc2ccccc2)C(=O)Nc2cccc(C(F)(F)F)c2)CC1. The minimum absolute atomic E-state index is 0.0517. The number of alkyl halides is 3. The number of nitrogens with zero attached hydrogens (tertiary/aromatic N) is 2. The molecule has 3 rings (SSSR count). The average Bonchev–Trinajstić information content (AvgIpc) is 2.78. The standard InChI is InChI=1S/C23H28F3N3O3S/c1-2-15-33(31,32)28-13-11-21(12-14-28)29(17-18-7-4-3-5-8-18)22(30)27-20-10-6-9-19(16-20)23(24,25)26/h3-10,16,21H,2,11-15,17H2,1H3,(H,27,30). The van der Waals surface area contributed by atoms with Gasteiger partial charge >= 0.3 is 12.2 Å². The molecule has 2 aromatic rings. The highest BCUT2D eigenvalue weighted by molar-refractivity contribution is 7.89. The van der Waals surface area contributed by atoms with E-state index in [1.165, 1.54) is 16.4 Å². The number of benzene rings is 2. The van der Waals surface area contributed by atoms with Gasteiger partial charge in [-0.3, -0.25) is 0 Å². The first-order valence-electron chi connectivity index (χ1n) is 10.9. The number of sulfonamides is 1. The maximum atomic E-state index is 13.2. The second kappa shape index (κ2) is 10.6. The quantitative estimate of drug-likeness (QED) is 0.606. The smallest absolute Gasteiger partial charge is 0.317 e. The van der Waals surface area contributed by atoms with Crippen LogP contribution in [0.15, 0.2) is 54.6 Å². The number of piperidine rings is 1. The lowest BCUT2D eigenvalue weighted by Gasteiger charge is -2.38. The van der Waals surface area contributed by atoms with E-state index in [-0.39, 0.29) is 24.0 Å². The highest BCUT2D eigenvalue weighted by Crippen LogP contribution is 2.31. The van der Waals surface area contributed by atoms with Crippen molar-refractivity contribution in [3.8, 4) is 0 Å². The summed E-state index contributed by atoms with van der Waals surface area (Å²) >= 11 is 0. The van der Waals surface area contributed by atoms with Crippen molar-refractivity contribution < 1.29 is 26.4 Å². The van der Waals surface area contributed by atoms with E-state index in [0.29, 0.717) is 32.4 Å². The molecule has 0 aliphatic carbocycles. The fourth-order valence-corrected chi connectivity index (χ4v) is 5.48. The lowest BCUT2D eigenvalue weighted by atomic mass is 10.0. The van der Waals surface area contributed by atoms with Crippen molar-refractivity contribution in [3.05, 3.63) is 65.7 Å². The summed E-state index contributed by atoms with van der Waals surface area (Å²) in [6, 6.07) is 13.0. The number of carbonyl (C=O) groups is 1. The summed E-state index contributed by atoms with van der Waals surface area (Å²) in [6.45, 7) is 2.67. The molecule has 0 spiro atoms. The molecule has 0 bridgehead atoms. The molecule has 0 radical (unpaired) electrons. The van der Waals surface area contributed by atoms with Crippen LogP contribution in [0.5, 0.6) is 0 Å². The van der Waals surface area contributed by atoms with Crippen molar-refractivity contribution in [2.24, 2.45) is 0 Å². The van der Waals surface area contributed by atoms with Gasteiger partial charge in [-0.1, -0.05) is 43.3 Å². The van der Waals surface area contributed by atoms with Crippen LogP contribution in [0.25, 0.3) is 0 Å². The van der Waals surface area contributed by atoms with Crippen LogP contribution in [-0.4, -0.2) is 48.5 Å². The van der Waals surface area contributed by atoms with Crippen molar-refractivity contribution in [3.63, 3.8) is 0 Å². The Labute approximate surface area is 192 Å². The summed E-state index contributed by atoms with van der Waals surface area (Å²) in [5.41, 5.74) is 0.0814. The van der Waals surface area contributed by atoms with Crippen LogP contribution in [0.3, 0.4) is 0 Å². The Balaban J connectivity index is 1.77. The van der Waals surface area contributed by atoms with Crippen LogP contribution >= 0.6 is 0 Å². The van der Waals surface area contributed by atoms with E-state index < -0.39 is 27.8 Å². The van der Waals surface area contributed by atoms with Crippen molar-refractivity contribution in [2.45, 2.75) is 44.9 Å². The monoisotopic (exact) mass is 483 g/mol. The highest BCUT2D eigenvalue weighted by Gasteiger charge is 2.33. The molecule has 0 saturated carbocycles. The van der Waals surface area contributed by atoms with Gasteiger partial charge in [0.15, 0.2) is 0 Å². The summed E-state index contributed by atoms with van der Waals surface area (Å²) in [5.74, 6) is 0.0848. The first kappa shape index (κ1) is 25.0. The molecule has 1 aliphatic heterocycles. The fourth-order valence-electron chi connectivity index (χ4n) is 3.93. The van der Waals surface area contributed by atoms with Crippen LogP contribution in [0.2, 0.25) is 0 Å². The number of rotatable bonds is 7. The molecular weight excluding hydrogens is 455 g/mol. The summed E-state index contributed by atoms with van der Waals surface area (Å²) in [5, 5.41) is 2.59. The third-order valence-electron chi connectivity index (χ3n) is 5.62. The zero-order valence-electron chi connectivity index (χ0n) is 18.4. The molecule has 1 saturated heterocycles. The summed E-state index contributed by atoms with van der Waals surface area (Å²) < 4.78 is 65.4. The molecule has 1 aliphatic rings. The zero-order valence-corrected chi connectivity index (χ0v) is 19.2. The minimum atomic E-state index is -4.51. The number of hydrogen-bond acceptors (Lipinski definition) is 3. The number of halogens is 3. The summed E-state index contributed by atoms with van der Waals surface area (Å²) in [6.07, 6.45) is -3.08. The van der Waals surface area contributed by atoms with E-state index in [2.05, 4.69) is 5.32 Å². The molecular formula is C23H28F3N3O3S. The molecule has 0 unspecified atom stereocenters. The van der Waals surface area contributed by atoms with Crippen molar-refractivity contribution in [1.29, 1.82) is 0 Å². The molecule has 33 heavy (non-hydrogen) atoms. The average molecular weight is 484 g/mol. The van der Waals surface area contributed by atoms with Gasteiger partial charge in [-0.2, -0.15) is 13.2 Å². The predicted molar refractivity (Wildman–Crippen MR) is 121 cm³/mol. The van der Waals surface area contributed by atoms with Gasteiger partial charge in [0.05, 0.1) is 11.3 Å². The third kappa shape index (κ3) is 6.70. The predicted octanol–water partition coefficient (Wildman–Crippen LogP) is 4.94. The second-order valence-corrected chi connectivity index (χ2v) is 10.2. The number of amides is 2. The molecule has 10 heteroatoms. The molecule has 0 atom stereocenters. The lowest BCUT2D eigenvalue weighted by molar-refractivity contribution is -0.137. The van der Waals surface area contributed by atoms with Gasteiger partial charge in [-0.25, -0.2) is 17.5 Å². The molecule has 1 N–H and O–H groups in total. The Hall–Kier alpha value is -2.59. The van der Waals surface area contributed by atoms with Crippen molar-refractivity contribution in [1.82, 2.24) is 9.21 Å². The maximum absolute atomic E-state index is 13.2. The Morgan fingerprint density at radius 3 is 2.36 bits per heavy atom. The molecule has 0 aromatic heterocycles. The van der Waals surface area contributed by atoms with E-state index in [1.807, 2.05) is 37.3 Å². The summed E-state index contributed by atoms with van der Waals surface area (Å²) in [7, 11) is -3.32. The van der Waals surface area contributed by atoms with Crippen molar-refractivity contribution >= 4 is 21.7 Å². The van der Waals surface area contributed by atoms with E-state index in [9.17, 15) is 26.4 Å². The Kier molecular flexibility index (Phi) is 8.01. The maximum Gasteiger partial charge on any atom is 0.416 e. The van der Waals surface area contributed by atoms with Crippen molar-refractivity contribution in [2.75, 3.05) is 24.2 Å². The van der Waals surface area contributed by atoms with Crippen LogP contribution in [-0.2, 0) is 22.7 Å². The first-order chi connectivity index (χ1) is 15.6. The van der Waals surface area contributed by atoms with E-state index >= 15 is 0 Å². The van der Waals surface area contributed by atoms with Crippen LogP contribution in [0, 0.1) is 0 Å². The highest BCUT2D eigenvalue weighted by atomic mass is 32.2. The van der Waals surface area contributed by atoms with Crippen LogP contribution < -0.4 is 5.32 Å². The molecule has 180 valence electrons. The van der Waals surface area contributed by atoms with Gasteiger partial charge < -0.3 is 10.2 Å². The second-order valence-electron chi connectivity index (χ2n) is 8.07. The molecule has 1 fully saturated rings. The van der Waals surface area contributed by atoms with E-state index in [1.54, 1.807) is 4.90 Å². The number of carbonyl (C=O) groups excluding carboxylic acids is 1. The van der Waals surface area contributed by atoms with Gasteiger partial charge in [0.1, 0.15) is 0 Å². The van der Waals surface area contributed by atoms with Gasteiger partial charge in [0, 0.05) is 31.4 Å². The fraction of sp³-hybridized carbons (Fsp3) is 0.435. The van der Waals surface area contributed by atoms with E-state index in [4.69, 9.17) is 0 Å². The Morgan fingerprint density at radius 2 is 1.76 bits per heavy atom. The number of anilines is 1. The van der Waals surface area contributed by atoms with Crippen LogP contribution in [0.4, 0.5) is 23.7 Å². The zero-order chi connectivity index (χ0) is 24.1. The van der Waals surface area contributed by atoms with Gasteiger partial charge in [-0.05, 0) is 43.0 Å². The van der Waals surface area contributed by atoms with Gasteiger partial charge in [-0.15, -0.1) is 0 Å². The number of hydrogen-bond donors (Lipinski definition) is 1. The Morgan fingerprint density at radius 1 is 1.09 bits per heavy atom. The normalized spacial score (nSPS) is 15.9. The molecule has 2 amide bonds. The molecule has 1 heterocycles.